The first-order valence-corrected chi connectivity index (χ1v) is 11.0. The van der Waals surface area contributed by atoms with Gasteiger partial charge in [-0.3, -0.25) is 4.90 Å². The van der Waals surface area contributed by atoms with E-state index in [1.165, 1.54) is 5.56 Å². The summed E-state index contributed by atoms with van der Waals surface area (Å²) in [4.78, 5) is 4.77. The van der Waals surface area contributed by atoms with Crippen molar-refractivity contribution in [3.05, 3.63) is 40.1 Å². The SMILES string of the molecule is COc1cc(CNC(=S)N2CCCN(Cc3ccsc3)CC2)cc(OC)c1OC. The third-order valence-corrected chi connectivity index (χ3v) is 6.16. The van der Waals surface area contributed by atoms with E-state index in [9.17, 15) is 0 Å². The molecule has 0 atom stereocenters. The van der Waals surface area contributed by atoms with Crippen molar-refractivity contribution in [3.63, 3.8) is 0 Å². The summed E-state index contributed by atoms with van der Waals surface area (Å²) in [5, 5.41) is 8.54. The zero-order valence-electron chi connectivity index (χ0n) is 17.3. The Kier molecular flexibility index (Phi) is 7.97. The van der Waals surface area contributed by atoms with E-state index in [1.807, 2.05) is 12.1 Å². The first-order chi connectivity index (χ1) is 14.1. The smallest absolute Gasteiger partial charge is 0.203 e. The fraction of sp³-hybridized carbons (Fsp3) is 0.476. The Balaban J connectivity index is 1.55. The van der Waals surface area contributed by atoms with Gasteiger partial charge in [-0.15, -0.1) is 0 Å². The number of thiocarbonyl (C=S) groups is 1. The number of thiophene rings is 1. The van der Waals surface area contributed by atoms with Crippen molar-refractivity contribution in [1.82, 2.24) is 15.1 Å². The first-order valence-electron chi connectivity index (χ1n) is 9.69. The van der Waals surface area contributed by atoms with Crippen LogP contribution in [0, 0.1) is 0 Å². The molecule has 8 heteroatoms. The Morgan fingerprint density at radius 2 is 1.79 bits per heavy atom. The van der Waals surface area contributed by atoms with Crippen LogP contribution in [-0.2, 0) is 13.1 Å². The number of nitrogens with zero attached hydrogens (tertiary/aromatic N) is 2. The van der Waals surface area contributed by atoms with E-state index in [-0.39, 0.29) is 0 Å². The average molecular weight is 436 g/mol. The van der Waals surface area contributed by atoms with Crippen LogP contribution in [0.4, 0.5) is 0 Å². The molecule has 2 heterocycles. The molecule has 1 aromatic heterocycles. The van der Waals surface area contributed by atoms with Gasteiger partial charge in [0.05, 0.1) is 21.3 Å². The van der Waals surface area contributed by atoms with Crippen LogP contribution in [0.1, 0.15) is 17.5 Å². The van der Waals surface area contributed by atoms with Gasteiger partial charge in [-0.2, -0.15) is 11.3 Å². The third kappa shape index (κ3) is 5.74. The summed E-state index contributed by atoms with van der Waals surface area (Å²) in [7, 11) is 4.85. The van der Waals surface area contributed by atoms with Crippen LogP contribution in [0.15, 0.2) is 29.0 Å². The summed E-state index contributed by atoms with van der Waals surface area (Å²) >= 11 is 7.43. The lowest BCUT2D eigenvalue weighted by molar-refractivity contribution is 0.278. The minimum absolute atomic E-state index is 0.597. The van der Waals surface area contributed by atoms with E-state index in [2.05, 4.69) is 31.9 Å². The van der Waals surface area contributed by atoms with E-state index in [0.29, 0.717) is 23.8 Å². The van der Waals surface area contributed by atoms with Crippen molar-refractivity contribution in [3.8, 4) is 17.2 Å². The van der Waals surface area contributed by atoms with E-state index in [0.717, 1.165) is 49.8 Å². The molecule has 1 aromatic carbocycles. The maximum absolute atomic E-state index is 5.67. The zero-order valence-corrected chi connectivity index (χ0v) is 18.9. The van der Waals surface area contributed by atoms with E-state index < -0.39 is 0 Å². The molecule has 0 aliphatic carbocycles. The Labute approximate surface area is 182 Å². The highest BCUT2D eigenvalue weighted by molar-refractivity contribution is 7.80. The van der Waals surface area contributed by atoms with Crippen molar-refractivity contribution >= 4 is 28.7 Å². The summed E-state index contributed by atoms with van der Waals surface area (Å²) < 4.78 is 16.3. The summed E-state index contributed by atoms with van der Waals surface area (Å²) in [5.41, 5.74) is 2.42. The fourth-order valence-corrected chi connectivity index (χ4v) is 4.41. The minimum atomic E-state index is 0.597. The second-order valence-electron chi connectivity index (χ2n) is 6.94. The number of nitrogens with one attached hydrogen (secondary N) is 1. The van der Waals surface area contributed by atoms with Crippen LogP contribution < -0.4 is 19.5 Å². The molecular weight excluding hydrogens is 406 g/mol. The number of benzene rings is 1. The van der Waals surface area contributed by atoms with Gasteiger partial charge in [-0.25, -0.2) is 0 Å². The zero-order chi connectivity index (χ0) is 20.6. The molecule has 2 aromatic rings. The maximum atomic E-state index is 5.67. The van der Waals surface area contributed by atoms with Gasteiger partial charge in [-0.1, -0.05) is 0 Å². The van der Waals surface area contributed by atoms with Gasteiger partial charge in [0.15, 0.2) is 16.6 Å². The monoisotopic (exact) mass is 435 g/mol. The van der Waals surface area contributed by atoms with Crippen LogP contribution in [0.3, 0.4) is 0 Å². The van der Waals surface area contributed by atoms with E-state index >= 15 is 0 Å². The second kappa shape index (κ2) is 10.7. The van der Waals surface area contributed by atoms with Gasteiger partial charge in [-0.05, 0) is 58.7 Å². The minimum Gasteiger partial charge on any atom is -0.493 e. The highest BCUT2D eigenvalue weighted by atomic mass is 32.1. The summed E-state index contributed by atoms with van der Waals surface area (Å²) in [6.45, 7) is 5.64. The topological polar surface area (TPSA) is 46.2 Å². The van der Waals surface area contributed by atoms with Gasteiger partial charge >= 0.3 is 0 Å². The van der Waals surface area contributed by atoms with Crippen molar-refractivity contribution < 1.29 is 14.2 Å². The van der Waals surface area contributed by atoms with E-state index in [1.54, 1.807) is 32.7 Å². The second-order valence-corrected chi connectivity index (χ2v) is 8.11. The van der Waals surface area contributed by atoms with Crippen molar-refractivity contribution in [2.45, 2.75) is 19.5 Å². The molecule has 0 unspecified atom stereocenters. The third-order valence-electron chi connectivity index (χ3n) is 5.03. The van der Waals surface area contributed by atoms with Crippen molar-refractivity contribution in [1.29, 1.82) is 0 Å². The number of hydrogen-bond donors (Lipinski definition) is 1. The number of rotatable bonds is 7. The van der Waals surface area contributed by atoms with E-state index in [4.69, 9.17) is 26.4 Å². The van der Waals surface area contributed by atoms with Gasteiger partial charge < -0.3 is 24.4 Å². The molecular formula is C21H29N3O3S2. The molecule has 0 saturated carbocycles. The maximum Gasteiger partial charge on any atom is 0.203 e. The molecule has 0 spiro atoms. The Morgan fingerprint density at radius 3 is 2.41 bits per heavy atom. The molecule has 0 bridgehead atoms. The van der Waals surface area contributed by atoms with Gasteiger partial charge in [0.2, 0.25) is 5.75 Å². The lowest BCUT2D eigenvalue weighted by Gasteiger charge is -2.25. The van der Waals surface area contributed by atoms with Crippen molar-refractivity contribution in [2.24, 2.45) is 0 Å². The number of ether oxygens (including phenoxy) is 3. The normalized spacial score (nSPS) is 14.9. The van der Waals surface area contributed by atoms with Crippen LogP contribution in [0.2, 0.25) is 0 Å². The van der Waals surface area contributed by atoms with Gasteiger partial charge in [0, 0.05) is 39.3 Å². The van der Waals surface area contributed by atoms with Crippen LogP contribution >= 0.6 is 23.6 Å². The van der Waals surface area contributed by atoms with Crippen LogP contribution in [0.5, 0.6) is 17.2 Å². The molecule has 0 radical (unpaired) electrons. The summed E-state index contributed by atoms with van der Waals surface area (Å²) in [6, 6.07) is 6.10. The Morgan fingerprint density at radius 1 is 1.03 bits per heavy atom. The van der Waals surface area contributed by atoms with Gasteiger partial charge in [0.1, 0.15) is 0 Å². The predicted octanol–water partition coefficient (Wildman–Crippen LogP) is 3.36. The molecule has 1 saturated heterocycles. The highest BCUT2D eigenvalue weighted by Crippen LogP contribution is 2.38. The highest BCUT2D eigenvalue weighted by Gasteiger charge is 2.18. The van der Waals surface area contributed by atoms with Crippen LogP contribution in [-0.4, -0.2) is 62.4 Å². The lowest BCUT2D eigenvalue weighted by atomic mass is 10.2. The number of methoxy groups -OCH3 is 3. The van der Waals surface area contributed by atoms with Crippen LogP contribution in [0.25, 0.3) is 0 Å². The standard InChI is InChI=1S/C21H29N3O3S2/c1-25-18-11-17(12-19(26-2)20(18)27-3)13-22-21(28)24-7-4-6-23(8-9-24)14-16-5-10-29-15-16/h5,10-12,15H,4,6-9,13-14H2,1-3H3,(H,22,28). The molecule has 1 aliphatic rings. The summed E-state index contributed by atoms with van der Waals surface area (Å²) in [6.07, 6.45) is 1.11. The quantitative estimate of drug-likeness (QED) is 0.669. The first kappa shape index (κ1) is 21.7. The number of hydrogen-bond acceptors (Lipinski definition) is 6. The van der Waals surface area contributed by atoms with Crippen molar-refractivity contribution in [2.75, 3.05) is 47.5 Å². The molecule has 1 N–H and O–H groups in total. The fourth-order valence-electron chi connectivity index (χ4n) is 3.50. The molecule has 158 valence electrons. The average Bonchev–Trinajstić information content (AvgIpc) is 3.14. The Bertz CT molecular complexity index is 773. The molecule has 1 fully saturated rings. The largest absolute Gasteiger partial charge is 0.493 e. The predicted molar refractivity (Wildman–Crippen MR) is 121 cm³/mol. The molecule has 1 aliphatic heterocycles. The Hall–Kier alpha value is -2.03. The lowest BCUT2D eigenvalue weighted by Crippen LogP contribution is -2.41. The molecule has 29 heavy (non-hydrogen) atoms. The molecule has 0 amide bonds. The molecule has 6 nitrogen and oxygen atoms in total. The van der Waals surface area contributed by atoms with Gasteiger partial charge in [0.25, 0.3) is 0 Å². The molecule has 3 rings (SSSR count). The summed E-state index contributed by atoms with van der Waals surface area (Å²) in [5.74, 6) is 1.89.